The molecule has 2 heterocycles. The lowest BCUT2D eigenvalue weighted by Gasteiger charge is -2.28. The third-order valence-corrected chi connectivity index (χ3v) is 4.76. The first-order valence-electron chi connectivity index (χ1n) is 7.99. The minimum atomic E-state index is -0.900. The van der Waals surface area contributed by atoms with Crippen molar-refractivity contribution in [1.29, 1.82) is 0 Å². The molecule has 0 saturated carbocycles. The van der Waals surface area contributed by atoms with Crippen molar-refractivity contribution in [3.05, 3.63) is 59.7 Å². The number of aliphatic carboxylic acids is 1. The second kappa shape index (κ2) is 5.67. The largest absolute Gasteiger partial charge is 0.492 e. The van der Waals surface area contributed by atoms with Crippen molar-refractivity contribution >= 4 is 17.6 Å². The van der Waals surface area contributed by atoms with E-state index in [2.05, 4.69) is 0 Å². The van der Waals surface area contributed by atoms with Crippen LogP contribution in [0.3, 0.4) is 0 Å². The van der Waals surface area contributed by atoms with Crippen LogP contribution in [0.15, 0.2) is 48.5 Å². The molecule has 4 rings (SSSR count). The van der Waals surface area contributed by atoms with E-state index in [1.54, 1.807) is 11.0 Å². The predicted octanol–water partition coefficient (Wildman–Crippen LogP) is 2.45. The average molecular weight is 323 g/mol. The van der Waals surface area contributed by atoms with E-state index in [1.807, 2.05) is 42.5 Å². The monoisotopic (exact) mass is 323 g/mol. The van der Waals surface area contributed by atoms with Gasteiger partial charge in [0.15, 0.2) is 0 Å². The third-order valence-electron chi connectivity index (χ3n) is 4.76. The maximum Gasteiger partial charge on any atom is 0.312 e. The average Bonchev–Trinajstić information content (AvgIpc) is 3.00. The van der Waals surface area contributed by atoms with Crippen molar-refractivity contribution < 1.29 is 19.4 Å². The molecule has 1 amide bonds. The molecule has 122 valence electrons. The Kier molecular flexibility index (Phi) is 3.49. The lowest BCUT2D eigenvalue weighted by atomic mass is 9.95. The van der Waals surface area contributed by atoms with Crippen LogP contribution in [0.2, 0.25) is 0 Å². The molecule has 0 aliphatic carbocycles. The van der Waals surface area contributed by atoms with E-state index in [-0.39, 0.29) is 18.4 Å². The molecule has 24 heavy (non-hydrogen) atoms. The van der Waals surface area contributed by atoms with Gasteiger partial charge in [-0.2, -0.15) is 0 Å². The Balaban J connectivity index is 1.61. The number of fused-ring (bicyclic) bond motifs is 2. The first-order valence-corrected chi connectivity index (χ1v) is 7.99. The molecular weight excluding hydrogens is 306 g/mol. The Hall–Kier alpha value is -2.82. The van der Waals surface area contributed by atoms with E-state index >= 15 is 0 Å². The molecule has 0 spiro atoms. The summed E-state index contributed by atoms with van der Waals surface area (Å²) in [5.74, 6) is -1.10. The molecule has 0 unspecified atom stereocenters. The molecule has 0 radical (unpaired) electrons. The van der Waals surface area contributed by atoms with Crippen LogP contribution in [-0.4, -0.2) is 30.1 Å². The van der Waals surface area contributed by atoms with Crippen molar-refractivity contribution in [2.45, 2.75) is 12.3 Å². The van der Waals surface area contributed by atoms with Crippen LogP contribution in [-0.2, 0) is 16.0 Å². The second-order valence-electron chi connectivity index (χ2n) is 6.22. The van der Waals surface area contributed by atoms with Gasteiger partial charge < -0.3 is 14.7 Å². The van der Waals surface area contributed by atoms with E-state index in [9.17, 15) is 14.7 Å². The fourth-order valence-electron chi connectivity index (χ4n) is 3.53. The van der Waals surface area contributed by atoms with Crippen LogP contribution in [0.1, 0.15) is 17.0 Å². The predicted molar refractivity (Wildman–Crippen MR) is 88.3 cm³/mol. The van der Waals surface area contributed by atoms with Gasteiger partial charge in [-0.15, -0.1) is 0 Å². The molecule has 2 aliphatic heterocycles. The highest BCUT2D eigenvalue weighted by molar-refractivity contribution is 6.00. The molecule has 5 nitrogen and oxygen atoms in total. The van der Waals surface area contributed by atoms with Gasteiger partial charge in [0.05, 0.1) is 5.92 Å². The van der Waals surface area contributed by atoms with E-state index < -0.39 is 11.9 Å². The zero-order valence-electron chi connectivity index (χ0n) is 13.0. The summed E-state index contributed by atoms with van der Waals surface area (Å²) in [5, 5.41) is 9.44. The SMILES string of the molecule is O=C(O)[C@H]1CN(C(=O)[C@@H]2COc3ccccc3C2)c2ccccc21. The zero-order valence-corrected chi connectivity index (χ0v) is 13.0. The molecule has 0 saturated heterocycles. The number of hydrogen-bond acceptors (Lipinski definition) is 3. The molecule has 0 fully saturated rings. The number of anilines is 1. The number of hydrogen-bond donors (Lipinski definition) is 1. The number of benzene rings is 2. The van der Waals surface area contributed by atoms with E-state index in [0.29, 0.717) is 24.3 Å². The topological polar surface area (TPSA) is 66.8 Å². The van der Waals surface area contributed by atoms with Gasteiger partial charge in [-0.1, -0.05) is 36.4 Å². The van der Waals surface area contributed by atoms with E-state index in [0.717, 1.165) is 11.3 Å². The fourth-order valence-corrected chi connectivity index (χ4v) is 3.53. The molecule has 0 aromatic heterocycles. The number of nitrogens with zero attached hydrogens (tertiary/aromatic N) is 1. The van der Waals surface area contributed by atoms with Gasteiger partial charge in [0, 0.05) is 12.2 Å². The van der Waals surface area contributed by atoms with Gasteiger partial charge in [-0.05, 0) is 29.7 Å². The molecule has 1 N–H and O–H groups in total. The quantitative estimate of drug-likeness (QED) is 0.922. The lowest BCUT2D eigenvalue weighted by molar-refractivity contribution is -0.138. The van der Waals surface area contributed by atoms with Gasteiger partial charge in [-0.3, -0.25) is 9.59 Å². The van der Waals surface area contributed by atoms with Crippen molar-refractivity contribution in [3.63, 3.8) is 0 Å². The maximum absolute atomic E-state index is 13.0. The number of amides is 1. The zero-order chi connectivity index (χ0) is 16.7. The Morgan fingerprint density at radius 3 is 2.67 bits per heavy atom. The van der Waals surface area contributed by atoms with Gasteiger partial charge >= 0.3 is 5.97 Å². The summed E-state index contributed by atoms with van der Waals surface area (Å²) in [6, 6.07) is 14.9. The normalized spacial score (nSPS) is 21.6. The van der Waals surface area contributed by atoms with Crippen LogP contribution < -0.4 is 9.64 Å². The first-order chi connectivity index (χ1) is 11.6. The number of rotatable bonds is 2. The fraction of sp³-hybridized carbons (Fsp3) is 0.263. The van der Waals surface area contributed by atoms with Crippen molar-refractivity contribution in [3.8, 4) is 5.75 Å². The minimum absolute atomic E-state index is 0.0688. The molecule has 2 aromatic rings. The van der Waals surface area contributed by atoms with Crippen LogP contribution in [0.4, 0.5) is 5.69 Å². The summed E-state index contributed by atoms with van der Waals surface area (Å²) in [7, 11) is 0. The highest BCUT2D eigenvalue weighted by Crippen LogP contribution is 2.38. The molecule has 0 bridgehead atoms. The third kappa shape index (κ3) is 2.33. The van der Waals surface area contributed by atoms with Crippen LogP contribution >= 0.6 is 0 Å². The van der Waals surface area contributed by atoms with Crippen LogP contribution in [0.25, 0.3) is 0 Å². The lowest BCUT2D eigenvalue weighted by Crippen LogP contribution is -2.40. The standard InChI is InChI=1S/C19H17NO4/c21-18(13-9-12-5-1-4-8-17(12)24-11-13)20-10-15(19(22)23)14-6-2-3-7-16(14)20/h1-8,13,15H,9-11H2,(H,22,23)/t13-,15-/m0/s1. The van der Waals surface area contributed by atoms with Crippen molar-refractivity contribution in [2.75, 3.05) is 18.1 Å². The molecule has 2 aliphatic rings. The van der Waals surface area contributed by atoms with Crippen LogP contribution in [0.5, 0.6) is 5.75 Å². The van der Waals surface area contributed by atoms with Gasteiger partial charge in [0.2, 0.25) is 5.91 Å². The van der Waals surface area contributed by atoms with Crippen molar-refractivity contribution in [1.82, 2.24) is 0 Å². The Morgan fingerprint density at radius 2 is 1.83 bits per heavy atom. The number of carbonyl (C=O) groups is 2. The van der Waals surface area contributed by atoms with Gasteiger partial charge in [-0.25, -0.2) is 0 Å². The summed E-state index contributed by atoms with van der Waals surface area (Å²) < 4.78 is 5.72. The number of para-hydroxylation sites is 2. The molecule has 2 atom stereocenters. The van der Waals surface area contributed by atoms with Crippen LogP contribution in [0, 0.1) is 5.92 Å². The molecular formula is C19H17NO4. The van der Waals surface area contributed by atoms with Gasteiger partial charge in [0.1, 0.15) is 18.3 Å². The highest BCUT2D eigenvalue weighted by atomic mass is 16.5. The number of ether oxygens (including phenoxy) is 1. The summed E-state index contributed by atoms with van der Waals surface area (Å²) in [6.45, 7) is 0.512. The Labute approximate surface area is 139 Å². The van der Waals surface area contributed by atoms with E-state index in [1.165, 1.54) is 0 Å². The number of carboxylic acid groups (broad SMARTS) is 1. The maximum atomic E-state index is 13.0. The summed E-state index contributed by atoms with van der Waals surface area (Å²) >= 11 is 0. The summed E-state index contributed by atoms with van der Waals surface area (Å²) in [5.41, 5.74) is 2.42. The number of carbonyl (C=O) groups excluding carboxylic acids is 1. The van der Waals surface area contributed by atoms with Crippen molar-refractivity contribution in [2.24, 2.45) is 5.92 Å². The molecule has 2 aromatic carbocycles. The molecule has 5 heteroatoms. The van der Waals surface area contributed by atoms with Gasteiger partial charge in [0.25, 0.3) is 0 Å². The minimum Gasteiger partial charge on any atom is -0.492 e. The smallest absolute Gasteiger partial charge is 0.312 e. The van der Waals surface area contributed by atoms with E-state index in [4.69, 9.17) is 4.74 Å². The highest BCUT2D eigenvalue weighted by Gasteiger charge is 2.39. The second-order valence-corrected chi connectivity index (χ2v) is 6.22. The summed E-state index contributed by atoms with van der Waals surface area (Å²) in [4.78, 5) is 26.1. The first kappa shape index (κ1) is 14.8. The number of carboxylic acids is 1. The Bertz CT molecular complexity index is 817. The summed E-state index contributed by atoms with van der Waals surface area (Å²) in [6.07, 6.45) is 0.616. The Morgan fingerprint density at radius 1 is 1.08 bits per heavy atom.